The molecule has 1 N–H and O–H groups in total. The highest BCUT2D eigenvalue weighted by Crippen LogP contribution is 2.27. The quantitative estimate of drug-likeness (QED) is 0.805. The summed E-state index contributed by atoms with van der Waals surface area (Å²) in [6.45, 7) is 6.50. The average Bonchev–Trinajstić information content (AvgIpc) is 2.53. The Bertz CT molecular complexity index is 688. The van der Waals surface area contributed by atoms with E-state index in [2.05, 4.69) is 26.1 Å². The van der Waals surface area contributed by atoms with Crippen LogP contribution in [-0.4, -0.2) is 19.3 Å². The molecule has 0 saturated heterocycles. The summed E-state index contributed by atoms with van der Waals surface area (Å²) in [6.07, 6.45) is 1.99. The van der Waals surface area contributed by atoms with Crippen molar-refractivity contribution in [3.8, 4) is 5.75 Å². The van der Waals surface area contributed by atoms with E-state index in [1.54, 1.807) is 24.9 Å². The smallest absolute Gasteiger partial charge is 0.259 e. The molecular formula is C19H23NO2S. The largest absolute Gasteiger partial charge is 0.496 e. The lowest BCUT2D eigenvalue weighted by Gasteiger charge is -2.19. The van der Waals surface area contributed by atoms with Crippen LogP contribution in [0.5, 0.6) is 5.75 Å². The molecule has 0 aliphatic rings. The summed E-state index contributed by atoms with van der Waals surface area (Å²) in [5.74, 6) is 0.415. The Morgan fingerprint density at radius 1 is 1.09 bits per heavy atom. The first kappa shape index (κ1) is 17.4. The maximum Gasteiger partial charge on any atom is 0.259 e. The number of carbonyl (C=O) groups is 1. The lowest BCUT2D eigenvalue weighted by molar-refractivity contribution is 0.102. The molecule has 0 heterocycles. The maximum atomic E-state index is 12.5. The fourth-order valence-corrected chi connectivity index (χ4v) is 2.67. The second-order valence-electron chi connectivity index (χ2n) is 6.35. The molecule has 122 valence electrons. The lowest BCUT2D eigenvalue weighted by atomic mass is 9.87. The van der Waals surface area contributed by atoms with Crippen molar-refractivity contribution < 1.29 is 9.53 Å². The van der Waals surface area contributed by atoms with Gasteiger partial charge in [-0.1, -0.05) is 32.9 Å². The van der Waals surface area contributed by atoms with Gasteiger partial charge in [0.15, 0.2) is 0 Å². The van der Waals surface area contributed by atoms with Gasteiger partial charge in [-0.3, -0.25) is 4.79 Å². The molecule has 0 saturated carbocycles. The lowest BCUT2D eigenvalue weighted by Crippen LogP contribution is -2.14. The number of hydrogen-bond donors (Lipinski definition) is 1. The Morgan fingerprint density at radius 3 is 2.26 bits per heavy atom. The molecule has 0 aromatic heterocycles. The molecule has 0 spiro atoms. The predicted molar refractivity (Wildman–Crippen MR) is 97.9 cm³/mol. The summed E-state index contributed by atoms with van der Waals surface area (Å²) in [5, 5.41) is 2.92. The van der Waals surface area contributed by atoms with Crippen molar-refractivity contribution >= 4 is 23.4 Å². The Kier molecular flexibility index (Phi) is 5.37. The van der Waals surface area contributed by atoms with Crippen LogP contribution >= 0.6 is 11.8 Å². The van der Waals surface area contributed by atoms with E-state index in [4.69, 9.17) is 4.74 Å². The maximum absolute atomic E-state index is 12.5. The minimum absolute atomic E-state index is 0.0966. The van der Waals surface area contributed by atoms with E-state index in [0.29, 0.717) is 11.3 Å². The van der Waals surface area contributed by atoms with E-state index in [-0.39, 0.29) is 11.3 Å². The van der Waals surface area contributed by atoms with Gasteiger partial charge in [-0.2, -0.15) is 0 Å². The van der Waals surface area contributed by atoms with E-state index >= 15 is 0 Å². The van der Waals surface area contributed by atoms with Crippen LogP contribution in [0.3, 0.4) is 0 Å². The second-order valence-corrected chi connectivity index (χ2v) is 7.23. The Labute approximate surface area is 142 Å². The van der Waals surface area contributed by atoms with E-state index in [1.807, 2.05) is 42.7 Å². The minimum atomic E-state index is -0.169. The zero-order valence-corrected chi connectivity index (χ0v) is 15.1. The van der Waals surface area contributed by atoms with Gasteiger partial charge >= 0.3 is 0 Å². The van der Waals surface area contributed by atoms with Crippen molar-refractivity contribution in [1.82, 2.24) is 0 Å². The number of carbonyl (C=O) groups excluding carboxylic acids is 1. The SMILES string of the molecule is COc1cc(SC)ccc1C(=O)Nc1ccc(C(C)(C)C)cc1. The fraction of sp³-hybridized carbons (Fsp3) is 0.316. The number of nitrogens with one attached hydrogen (secondary N) is 1. The van der Waals surface area contributed by atoms with Crippen molar-refractivity contribution in [2.75, 3.05) is 18.7 Å². The second kappa shape index (κ2) is 7.09. The number of amides is 1. The molecule has 0 fully saturated rings. The van der Waals surface area contributed by atoms with Gasteiger partial charge < -0.3 is 10.1 Å². The highest BCUT2D eigenvalue weighted by molar-refractivity contribution is 7.98. The number of benzene rings is 2. The molecule has 3 nitrogen and oxygen atoms in total. The van der Waals surface area contributed by atoms with Crippen molar-refractivity contribution in [2.45, 2.75) is 31.1 Å². The first-order valence-electron chi connectivity index (χ1n) is 7.49. The normalized spacial score (nSPS) is 11.2. The van der Waals surface area contributed by atoms with Crippen LogP contribution in [0.4, 0.5) is 5.69 Å². The highest BCUT2D eigenvalue weighted by Gasteiger charge is 2.15. The molecule has 23 heavy (non-hydrogen) atoms. The summed E-state index contributed by atoms with van der Waals surface area (Å²) >= 11 is 1.61. The summed E-state index contributed by atoms with van der Waals surface area (Å²) in [7, 11) is 1.58. The van der Waals surface area contributed by atoms with Gasteiger partial charge in [0.05, 0.1) is 12.7 Å². The number of ether oxygens (including phenoxy) is 1. The monoisotopic (exact) mass is 329 g/mol. The Morgan fingerprint density at radius 2 is 1.74 bits per heavy atom. The summed E-state index contributed by atoms with van der Waals surface area (Å²) in [5.41, 5.74) is 2.64. The van der Waals surface area contributed by atoms with E-state index in [1.165, 1.54) is 5.56 Å². The van der Waals surface area contributed by atoms with Crippen LogP contribution in [0.15, 0.2) is 47.4 Å². The highest BCUT2D eigenvalue weighted by atomic mass is 32.2. The molecule has 0 aliphatic carbocycles. The van der Waals surface area contributed by atoms with Crippen LogP contribution in [0.2, 0.25) is 0 Å². The third kappa shape index (κ3) is 4.29. The Hall–Kier alpha value is -1.94. The van der Waals surface area contributed by atoms with Crippen LogP contribution in [0, 0.1) is 0 Å². The zero-order valence-electron chi connectivity index (χ0n) is 14.3. The molecule has 0 radical (unpaired) electrons. The van der Waals surface area contributed by atoms with Crippen molar-refractivity contribution in [3.63, 3.8) is 0 Å². The first-order valence-corrected chi connectivity index (χ1v) is 8.71. The molecule has 0 unspecified atom stereocenters. The predicted octanol–water partition coefficient (Wildman–Crippen LogP) is 4.97. The van der Waals surface area contributed by atoms with Gasteiger partial charge in [0.2, 0.25) is 0 Å². The van der Waals surface area contributed by atoms with Gasteiger partial charge in [-0.05, 0) is 47.6 Å². The molecule has 0 aliphatic heterocycles. The summed E-state index contributed by atoms with van der Waals surface area (Å²) < 4.78 is 5.34. The van der Waals surface area contributed by atoms with Crippen molar-refractivity contribution in [2.24, 2.45) is 0 Å². The standard InChI is InChI=1S/C19H23NO2S/c1-19(2,3)13-6-8-14(9-7-13)20-18(21)16-11-10-15(23-5)12-17(16)22-4/h6-12H,1-5H3,(H,20,21). The first-order chi connectivity index (χ1) is 10.8. The van der Waals surface area contributed by atoms with Gasteiger partial charge in [-0.25, -0.2) is 0 Å². The topological polar surface area (TPSA) is 38.3 Å². The molecule has 1 amide bonds. The van der Waals surface area contributed by atoms with E-state index in [9.17, 15) is 4.79 Å². The molecular weight excluding hydrogens is 306 g/mol. The third-order valence-corrected chi connectivity index (χ3v) is 4.39. The van der Waals surface area contributed by atoms with E-state index < -0.39 is 0 Å². The number of methoxy groups -OCH3 is 1. The van der Waals surface area contributed by atoms with Crippen LogP contribution in [-0.2, 0) is 5.41 Å². The van der Waals surface area contributed by atoms with Crippen molar-refractivity contribution in [3.05, 3.63) is 53.6 Å². The molecule has 0 atom stereocenters. The summed E-state index contributed by atoms with van der Waals surface area (Å²) in [6, 6.07) is 13.5. The van der Waals surface area contributed by atoms with Gasteiger partial charge in [0, 0.05) is 10.6 Å². The van der Waals surface area contributed by atoms with Gasteiger partial charge in [0.1, 0.15) is 5.75 Å². The van der Waals surface area contributed by atoms with Gasteiger partial charge in [-0.15, -0.1) is 11.8 Å². The molecule has 2 aromatic rings. The number of hydrogen-bond acceptors (Lipinski definition) is 3. The zero-order chi connectivity index (χ0) is 17.0. The van der Waals surface area contributed by atoms with E-state index in [0.717, 1.165) is 10.6 Å². The molecule has 2 rings (SSSR count). The van der Waals surface area contributed by atoms with Crippen LogP contribution in [0.25, 0.3) is 0 Å². The minimum Gasteiger partial charge on any atom is -0.496 e. The molecule has 4 heteroatoms. The van der Waals surface area contributed by atoms with Gasteiger partial charge in [0.25, 0.3) is 5.91 Å². The molecule has 0 bridgehead atoms. The van der Waals surface area contributed by atoms with Crippen LogP contribution < -0.4 is 10.1 Å². The molecule has 2 aromatic carbocycles. The number of rotatable bonds is 4. The summed E-state index contributed by atoms with van der Waals surface area (Å²) in [4.78, 5) is 13.5. The van der Waals surface area contributed by atoms with Crippen LogP contribution in [0.1, 0.15) is 36.7 Å². The third-order valence-electron chi connectivity index (χ3n) is 3.66. The van der Waals surface area contributed by atoms with Crippen molar-refractivity contribution in [1.29, 1.82) is 0 Å². The fourth-order valence-electron chi connectivity index (χ4n) is 2.24. The average molecular weight is 329 g/mol. The number of thioether (sulfide) groups is 1. The number of anilines is 1. The Balaban J connectivity index is 2.19.